The van der Waals surface area contributed by atoms with E-state index >= 15 is 0 Å². The van der Waals surface area contributed by atoms with Gasteiger partial charge < -0.3 is 9.67 Å². The fourth-order valence-electron chi connectivity index (χ4n) is 2.92. The van der Waals surface area contributed by atoms with Gasteiger partial charge in [0.2, 0.25) is 0 Å². The molecule has 1 aromatic heterocycles. The monoisotopic (exact) mass is 291 g/mol. The Hall–Kier alpha value is -1.95. The molecule has 0 amide bonds. The summed E-state index contributed by atoms with van der Waals surface area (Å²) in [5.74, 6) is -0.587. The van der Waals surface area contributed by atoms with Gasteiger partial charge in [0.15, 0.2) is 0 Å². The summed E-state index contributed by atoms with van der Waals surface area (Å²) in [5, 5.41) is 9.32. The number of aliphatic carboxylic acids is 1. The van der Waals surface area contributed by atoms with E-state index < -0.39 is 12.0 Å². The van der Waals surface area contributed by atoms with Gasteiger partial charge in [0.1, 0.15) is 17.7 Å². The highest BCUT2D eigenvalue weighted by atomic mass is 19.1. The normalized spacial score (nSPS) is 17.4. The van der Waals surface area contributed by atoms with E-state index in [4.69, 9.17) is 0 Å². The number of imidazole rings is 1. The molecule has 1 aliphatic rings. The molecule has 1 saturated heterocycles. The number of aromatic nitrogens is 2. The molecule has 2 aromatic rings. The average molecular weight is 291 g/mol. The van der Waals surface area contributed by atoms with E-state index in [0.29, 0.717) is 23.4 Å². The standard InChI is InChI=1S/C15H18FN3O2/c1-10(15(20)21)19-13-5-4-11(16)8-12(13)17-14(19)9-18-6-2-3-7-18/h4-5,8,10H,2-3,6-7,9H2,1H3,(H,20,21). The van der Waals surface area contributed by atoms with Crippen molar-refractivity contribution in [2.24, 2.45) is 0 Å². The Balaban J connectivity index is 2.07. The largest absolute Gasteiger partial charge is 0.480 e. The summed E-state index contributed by atoms with van der Waals surface area (Å²) in [5.41, 5.74) is 1.18. The van der Waals surface area contributed by atoms with Gasteiger partial charge in [-0.1, -0.05) is 0 Å². The highest BCUT2D eigenvalue weighted by Crippen LogP contribution is 2.24. The molecule has 0 bridgehead atoms. The molecule has 2 heterocycles. The van der Waals surface area contributed by atoms with Crippen LogP contribution in [0.5, 0.6) is 0 Å². The van der Waals surface area contributed by atoms with Crippen molar-refractivity contribution in [2.75, 3.05) is 13.1 Å². The molecule has 5 nitrogen and oxygen atoms in total. The van der Waals surface area contributed by atoms with Crippen LogP contribution in [0, 0.1) is 5.82 Å². The molecular weight excluding hydrogens is 273 g/mol. The van der Waals surface area contributed by atoms with Crippen LogP contribution in [0.2, 0.25) is 0 Å². The van der Waals surface area contributed by atoms with Gasteiger partial charge in [-0.25, -0.2) is 14.2 Å². The molecule has 3 rings (SSSR count). The smallest absolute Gasteiger partial charge is 0.326 e. The summed E-state index contributed by atoms with van der Waals surface area (Å²) in [6, 6.07) is 3.57. The van der Waals surface area contributed by atoms with Crippen molar-refractivity contribution in [2.45, 2.75) is 32.4 Å². The van der Waals surface area contributed by atoms with Crippen LogP contribution in [0.1, 0.15) is 31.6 Å². The lowest BCUT2D eigenvalue weighted by Gasteiger charge is -2.18. The van der Waals surface area contributed by atoms with E-state index in [2.05, 4.69) is 9.88 Å². The quantitative estimate of drug-likeness (QED) is 0.940. The van der Waals surface area contributed by atoms with Crippen molar-refractivity contribution >= 4 is 17.0 Å². The number of carbonyl (C=O) groups is 1. The first kappa shape index (κ1) is 14.0. The Labute approximate surface area is 122 Å². The van der Waals surface area contributed by atoms with Crippen LogP contribution in [0.4, 0.5) is 4.39 Å². The molecule has 1 atom stereocenters. The predicted molar refractivity (Wildman–Crippen MR) is 76.5 cm³/mol. The number of hydrogen-bond acceptors (Lipinski definition) is 3. The number of halogens is 1. The lowest BCUT2D eigenvalue weighted by Crippen LogP contribution is -2.24. The fourth-order valence-corrected chi connectivity index (χ4v) is 2.92. The van der Waals surface area contributed by atoms with E-state index in [9.17, 15) is 14.3 Å². The fraction of sp³-hybridized carbons (Fsp3) is 0.467. The third-order valence-electron chi connectivity index (χ3n) is 4.03. The van der Waals surface area contributed by atoms with E-state index in [1.165, 1.54) is 12.1 Å². The minimum Gasteiger partial charge on any atom is -0.480 e. The lowest BCUT2D eigenvalue weighted by atomic mass is 10.2. The first-order valence-electron chi connectivity index (χ1n) is 7.18. The minimum absolute atomic E-state index is 0.358. The number of carboxylic acids is 1. The molecule has 0 saturated carbocycles. The summed E-state index contributed by atoms with van der Waals surface area (Å²) in [6.07, 6.45) is 2.31. The average Bonchev–Trinajstić information content (AvgIpc) is 3.05. The van der Waals surface area contributed by atoms with Crippen molar-refractivity contribution in [3.05, 3.63) is 29.8 Å². The number of carboxylic acid groups (broad SMARTS) is 1. The number of nitrogens with zero attached hydrogens (tertiary/aromatic N) is 3. The molecule has 21 heavy (non-hydrogen) atoms. The summed E-state index contributed by atoms with van der Waals surface area (Å²) in [6.45, 7) is 4.23. The van der Waals surface area contributed by atoms with Crippen LogP contribution < -0.4 is 0 Å². The molecule has 1 N–H and O–H groups in total. The highest BCUT2D eigenvalue weighted by molar-refractivity contribution is 5.80. The Morgan fingerprint density at radius 3 is 2.81 bits per heavy atom. The molecule has 1 aromatic carbocycles. The first-order chi connectivity index (χ1) is 10.1. The number of rotatable bonds is 4. The molecule has 6 heteroatoms. The third-order valence-corrected chi connectivity index (χ3v) is 4.03. The second kappa shape index (κ2) is 5.44. The molecule has 1 aliphatic heterocycles. The van der Waals surface area contributed by atoms with Crippen molar-refractivity contribution < 1.29 is 14.3 Å². The van der Waals surface area contributed by atoms with Gasteiger partial charge in [0, 0.05) is 6.07 Å². The van der Waals surface area contributed by atoms with Gasteiger partial charge in [0.25, 0.3) is 0 Å². The number of likely N-dealkylation sites (tertiary alicyclic amines) is 1. The molecule has 0 spiro atoms. The molecule has 1 fully saturated rings. The maximum atomic E-state index is 13.4. The summed E-state index contributed by atoms with van der Waals surface area (Å²) < 4.78 is 15.1. The Kier molecular flexibility index (Phi) is 3.63. The van der Waals surface area contributed by atoms with Crippen LogP contribution in [0.15, 0.2) is 18.2 Å². The number of hydrogen-bond donors (Lipinski definition) is 1. The molecule has 0 aliphatic carbocycles. The van der Waals surface area contributed by atoms with Gasteiger partial charge in [-0.3, -0.25) is 4.90 Å². The third kappa shape index (κ3) is 2.63. The maximum Gasteiger partial charge on any atom is 0.326 e. The molecule has 0 radical (unpaired) electrons. The van der Waals surface area contributed by atoms with Crippen molar-refractivity contribution in [1.82, 2.24) is 14.5 Å². The SMILES string of the molecule is CC(C(=O)O)n1c(CN2CCCC2)nc2cc(F)ccc21. The Morgan fingerprint density at radius 2 is 2.14 bits per heavy atom. The van der Waals surface area contributed by atoms with Gasteiger partial charge in [-0.2, -0.15) is 0 Å². The summed E-state index contributed by atoms with van der Waals surface area (Å²) in [7, 11) is 0. The minimum atomic E-state index is -0.915. The van der Waals surface area contributed by atoms with E-state index in [1.54, 1.807) is 17.6 Å². The van der Waals surface area contributed by atoms with Gasteiger partial charge in [0.05, 0.1) is 17.6 Å². The van der Waals surface area contributed by atoms with E-state index in [1.807, 2.05) is 0 Å². The second-order valence-electron chi connectivity index (χ2n) is 5.53. The zero-order valence-electron chi connectivity index (χ0n) is 11.9. The maximum absolute atomic E-state index is 13.4. The number of benzene rings is 1. The summed E-state index contributed by atoms with van der Waals surface area (Å²) in [4.78, 5) is 18.1. The molecule has 112 valence electrons. The van der Waals surface area contributed by atoms with Gasteiger partial charge in [-0.15, -0.1) is 0 Å². The van der Waals surface area contributed by atoms with Crippen molar-refractivity contribution in [1.29, 1.82) is 0 Å². The molecule has 1 unspecified atom stereocenters. The second-order valence-corrected chi connectivity index (χ2v) is 5.53. The van der Waals surface area contributed by atoms with Crippen LogP contribution in [0.3, 0.4) is 0 Å². The Bertz CT molecular complexity index is 677. The van der Waals surface area contributed by atoms with Crippen LogP contribution in [-0.2, 0) is 11.3 Å². The highest BCUT2D eigenvalue weighted by Gasteiger charge is 2.23. The topological polar surface area (TPSA) is 58.4 Å². The lowest BCUT2D eigenvalue weighted by molar-refractivity contribution is -0.140. The van der Waals surface area contributed by atoms with Crippen LogP contribution >= 0.6 is 0 Å². The van der Waals surface area contributed by atoms with E-state index in [-0.39, 0.29) is 5.82 Å². The van der Waals surface area contributed by atoms with Crippen LogP contribution in [0.25, 0.3) is 11.0 Å². The van der Waals surface area contributed by atoms with Crippen LogP contribution in [-0.4, -0.2) is 38.6 Å². The summed E-state index contributed by atoms with van der Waals surface area (Å²) >= 11 is 0. The predicted octanol–water partition coefficient (Wildman–Crippen LogP) is 2.42. The van der Waals surface area contributed by atoms with E-state index in [0.717, 1.165) is 25.9 Å². The van der Waals surface area contributed by atoms with Crippen molar-refractivity contribution in [3.63, 3.8) is 0 Å². The van der Waals surface area contributed by atoms with Crippen molar-refractivity contribution in [3.8, 4) is 0 Å². The number of fused-ring (bicyclic) bond motifs is 1. The first-order valence-corrected chi connectivity index (χ1v) is 7.18. The van der Waals surface area contributed by atoms with Gasteiger partial charge >= 0.3 is 5.97 Å². The zero-order valence-corrected chi connectivity index (χ0v) is 11.9. The molecular formula is C15H18FN3O2. The van der Waals surface area contributed by atoms with Gasteiger partial charge in [-0.05, 0) is 45.0 Å². The Morgan fingerprint density at radius 1 is 1.43 bits per heavy atom. The zero-order chi connectivity index (χ0) is 15.0.